The lowest BCUT2D eigenvalue weighted by Crippen LogP contribution is -2.38. The standard InChI is InChI=1S/C23H23NO6/c1-15-11-17-5-3-4-6-18(17)24(15)21(25)14-30-22(26)8-7-16-12-19(27-2)23-20(13-16)28-9-10-29-23/h3-8,12-13,15H,9-11,14H2,1-2H3/b8-7+/t15-/m1/s1. The third-order valence-electron chi connectivity index (χ3n) is 5.08. The number of hydrogen-bond acceptors (Lipinski definition) is 6. The molecular weight excluding hydrogens is 386 g/mol. The minimum Gasteiger partial charge on any atom is -0.493 e. The second-order valence-corrected chi connectivity index (χ2v) is 7.13. The van der Waals surface area contributed by atoms with Crippen molar-refractivity contribution in [2.45, 2.75) is 19.4 Å². The molecule has 30 heavy (non-hydrogen) atoms. The van der Waals surface area contributed by atoms with E-state index in [4.69, 9.17) is 18.9 Å². The van der Waals surface area contributed by atoms with Crippen LogP contribution in [0.4, 0.5) is 5.69 Å². The largest absolute Gasteiger partial charge is 0.493 e. The summed E-state index contributed by atoms with van der Waals surface area (Å²) in [4.78, 5) is 26.5. The summed E-state index contributed by atoms with van der Waals surface area (Å²) >= 11 is 0. The van der Waals surface area contributed by atoms with E-state index in [2.05, 4.69) is 0 Å². The Morgan fingerprint density at radius 3 is 2.83 bits per heavy atom. The maximum atomic E-state index is 12.6. The van der Waals surface area contributed by atoms with E-state index in [1.54, 1.807) is 30.2 Å². The summed E-state index contributed by atoms with van der Waals surface area (Å²) in [5.74, 6) is 0.796. The molecule has 0 aliphatic carbocycles. The van der Waals surface area contributed by atoms with Gasteiger partial charge in [0.15, 0.2) is 18.1 Å². The topological polar surface area (TPSA) is 74.3 Å². The van der Waals surface area contributed by atoms with Gasteiger partial charge in [0.2, 0.25) is 5.75 Å². The molecule has 2 aliphatic rings. The molecule has 0 radical (unpaired) electrons. The number of fused-ring (bicyclic) bond motifs is 2. The smallest absolute Gasteiger partial charge is 0.331 e. The number of methoxy groups -OCH3 is 1. The van der Waals surface area contributed by atoms with Crippen molar-refractivity contribution in [2.75, 3.05) is 31.8 Å². The van der Waals surface area contributed by atoms with Gasteiger partial charge in [-0.2, -0.15) is 0 Å². The molecule has 7 nitrogen and oxygen atoms in total. The number of carbonyl (C=O) groups is 2. The van der Waals surface area contributed by atoms with Gasteiger partial charge >= 0.3 is 5.97 Å². The number of esters is 1. The van der Waals surface area contributed by atoms with Crippen LogP contribution in [0, 0.1) is 0 Å². The first kappa shape index (κ1) is 19.8. The van der Waals surface area contributed by atoms with Gasteiger partial charge in [-0.25, -0.2) is 4.79 Å². The number of amides is 1. The van der Waals surface area contributed by atoms with Crippen LogP contribution in [0.15, 0.2) is 42.5 Å². The Hall–Kier alpha value is -3.48. The number of anilines is 1. The van der Waals surface area contributed by atoms with Crippen LogP contribution >= 0.6 is 0 Å². The van der Waals surface area contributed by atoms with E-state index in [0.29, 0.717) is 36.0 Å². The lowest BCUT2D eigenvalue weighted by Gasteiger charge is -2.22. The van der Waals surface area contributed by atoms with E-state index in [-0.39, 0.29) is 18.6 Å². The van der Waals surface area contributed by atoms with Crippen molar-refractivity contribution in [1.29, 1.82) is 0 Å². The molecule has 2 aromatic carbocycles. The normalized spacial score (nSPS) is 17.0. The first-order valence-corrected chi connectivity index (χ1v) is 9.79. The second kappa shape index (κ2) is 8.49. The zero-order valence-corrected chi connectivity index (χ0v) is 16.9. The van der Waals surface area contributed by atoms with E-state index in [9.17, 15) is 9.59 Å². The van der Waals surface area contributed by atoms with Crippen LogP contribution in [0.2, 0.25) is 0 Å². The Morgan fingerprint density at radius 1 is 1.20 bits per heavy atom. The first-order chi connectivity index (χ1) is 14.6. The lowest BCUT2D eigenvalue weighted by atomic mass is 10.1. The minimum atomic E-state index is -0.600. The highest BCUT2D eigenvalue weighted by Crippen LogP contribution is 2.40. The Morgan fingerprint density at radius 2 is 2.00 bits per heavy atom. The fraction of sp³-hybridized carbons (Fsp3) is 0.304. The minimum absolute atomic E-state index is 0.0364. The van der Waals surface area contributed by atoms with Crippen LogP contribution in [0.3, 0.4) is 0 Å². The van der Waals surface area contributed by atoms with Gasteiger partial charge in [-0.05, 0) is 48.7 Å². The predicted molar refractivity (Wildman–Crippen MR) is 111 cm³/mol. The van der Waals surface area contributed by atoms with Crippen LogP contribution < -0.4 is 19.1 Å². The summed E-state index contributed by atoms with van der Waals surface area (Å²) in [6.45, 7) is 2.58. The molecule has 2 aliphatic heterocycles. The van der Waals surface area contributed by atoms with Crippen LogP contribution in [-0.2, 0) is 20.7 Å². The number of carbonyl (C=O) groups excluding carboxylic acids is 2. The van der Waals surface area contributed by atoms with Crippen molar-refractivity contribution < 1.29 is 28.5 Å². The molecule has 7 heteroatoms. The molecule has 4 rings (SSSR count). The van der Waals surface area contributed by atoms with Crippen molar-refractivity contribution in [3.63, 3.8) is 0 Å². The summed E-state index contributed by atoms with van der Waals surface area (Å²) in [5.41, 5.74) is 2.70. The number of rotatable bonds is 5. The molecule has 2 aromatic rings. The van der Waals surface area contributed by atoms with Crippen LogP contribution in [0.5, 0.6) is 17.2 Å². The Balaban J connectivity index is 1.38. The number of hydrogen-bond donors (Lipinski definition) is 0. The van der Waals surface area contributed by atoms with Gasteiger partial charge < -0.3 is 23.8 Å². The highest BCUT2D eigenvalue weighted by Gasteiger charge is 2.30. The summed E-state index contributed by atoms with van der Waals surface area (Å²) in [6.07, 6.45) is 3.66. The maximum Gasteiger partial charge on any atom is 0.331 e. The van der Waals surface area contributed by atoms with Crippen molar-refractivity contribution in [3.8, 4) is 17.2 Å². The van der Waals surface area contributed by atoms with Crippen molar-refractivity contribution >= 4 is 23.6 Å². The quantitative estimate of drug-likeness (QED) is 0.558. The van der Waals surface area contributed by atoms with Crippen molar-refractivity contribution in [3.05, 3.63) is 53.6 Å². The Bertz CT molecular complexity index is 982. The van der Waals surface area contributed by atoms with E-state index in [1.807, 2.05) is 31.2 Å². The molecule has 0 spiro atoms. The van der Waals surface area contributed by atoms with Gasteiger partial charge in [-0.3, -0.25) is 4.79 Å². The molecule has 0 aromatic heterocycles. The third-order valence-corrected chi connectivity index (χ3v) is 5.08. The summed E-state index contributed by atoms with van der Waals surface area (Å²) in [5, 5.41) is 0. The average Bonchev–Trinajstić information content (AvgIpc) is 3.11. The summed E-state index contributed by atoms with van der Waals surface area (Å²) in [6, 6.07) is 11.3. The highest BCUT2D eigenvalue weighted by atomic mass is 16.6. The lowest BCUT2D eigenvalue weighted by molar-refractivity contribution is -0.143. The molecule has 0 bridgehead atoms. The van der Waals surface area contributed by atoms with Gasteiger partial charge in [0, 0.05) is 17.8 Å². The van der Waals surface area contributed by atoms with Gasteiger partial charge in [0.1, 0.15) is 13.2 Å². The SMILES string of the molecule is COc1cc(/C=C/C(=O)OCC(=O)N2c3ccccc3C[C@H]2C)cc2c1OCCO2. The van der Waals surface area contributed by atoms with Gasteiger partial charge in [-0.1, -0.05) is 18.2 Å². The average molecular weight is 409 g/mol. The van der Waals surface area contributed by atoms with Crippen LogP contribution in [0.25, 0.3) is 6.08 Å². The number of nitrogens with zero attached hydrogens (tertiary/aromatic N) is 1. The van der Waals surface area contributed by atoms with E-state index < -0.39 is 5.97 Å². The van der Waals surface area contributed by atoms with E-state index in [1.165, 1.54) is 6.08 Å². The summed E-state index contributed by atoms with van der Waals surface area (Å²) < 4.78 is 21.6. The fourth-order valence-electron chi connectivity index (χ4n) is 3.75. The Labute approximate surface area is 174 Å². The number of benzene rings is 2. The van der Waals surface area contributed by atoms with Gasteiger partial charge in [0.05, 0.1) is 7.11 Å². The third kappa shape index (κ3) is 3.96. The molecule has 156 valence electrons. The molecule has 0 unspecified atom stereocenters. The zero-order valence-electron chi connectivity index (χ0n) is 16.9. The van der Waals surface area contributed by atoms with Crippen LogP contribution in [0.1, 0.15) is 18.1 Å². The molecule has 0 N–H and O–H groups in total. The predicted octanol–water partition coefficient (Wildman–Crippen LogP) is 3.00. The highest BCUT2D eigenvalue weighted by molar-refractivity contribution is 5.98. The van der Waals surface area contributed by atoms with Crippen LogP contribution in [-0.4, -0.2) is 44.8 Å². The van der Waals surface area contributed by atoms with E-state index >= 15 is 0 Å². The number of ether oxygens (including phenoxy) is 4. The molecule has 0 saturated heterocycles. The zero-order chi connectivity index (χ0) is 21.1. The van der Waals surface area contributed by atoms with Gasteiger partial charge in [0.25, 0.3) is 5.91 Å². The second-order valence-electron chi connectivity index (χ2n) is 7.13. The molecule has 0 saturated carbocycles. The first-order valence-electron chi connectivity index (χ1n) is 9.79. The molecule has 2 heterocycles. The molecule has 0 fully saturated rings. The van der Waals surface area contributed by atoms with E-state index in [0.717, 1.165) is 17.7 Å². The summed E-state index contributed by atoms with van der Waals surface area (Å²) in [7, 11) is 1.54. The Kier molecular flexibility index (Phi) is 5.61. The monoisotopic (exact) mass is 409 g/mol. The maximum absolute atomic E-state index is 12.6. The van der Waals surface area contributed by atoms with Crippen molar-refractivity contribution in [1.82, 2.24) is 0 Å². The fourth-order valence-corrected chi connectivity index (χ4v) is 3.75. The molecular formula is C23H23NO6. The van der Waals surface area contributed by atoms with Gasteiger partial charge in [-0.15, -0.1) is 0 Å². The molecule has 1 atom stereocenters. The number of para-hydroxylation sites is 1. The molecule has 1 amide bonds. The van der Waals surface area contributed by atoms with Crippen molar-refractivity contribution in [2.24, 2.45) is 0 Å².